The fourth-order valence-corrected chi connectivity index (χ4v) is 2.67. The van der Waals surface area contributed by atoms with Crippen LogP contribution in [-0.4, -0.2) is 11.8 Å². The summed E-state index contributed by atoms with van der Waals surface area (Å²) in [5.74, 6) is 0.538. The largest absolute Gasteiger partial charge is 0.321 e. The van der Waals surface area contributed by atoms with Gasteiger partial charge in [-0.25, -0.2) is 0 Å². The molecule has 0 spiro atoms. The Morgan fingerprint density at radius 1 is 1.35 bits per heavy atom. The summed E-state index contributed by atoms with van der Waals surface area (Å²) < 4.78 is 0. The standard InChI is InChI=1S/C15H21NO/c1-9(2)10-5-6-12-11(7-10)14(17)13(16)8-15(12,3)4/h5-7,9,13H,8,16H2,1-4H3. The van der Waals surface area contributed by atoms with E-state index in [1.807, 2.05) is 6.07 Å². The summed E-state index contributed by atoms with van der Waals surface area (Å²) in [7, 11) is 0. The smallest absolute Gasteiger partial charge is 0.179 e. The number of carbonyl (C=O) groups is 1. The van der Waals surface area contributed by atoms with Gasteiger partial charge in [0.1, 0.15) is 0 Å². The first-order valence-electron chi connectivity index (χ1n) is 6.27. The van der Waals surface area contributed by atoms with Crippen molar-refractivity contribution in [2.24, 2.45) is 5.73 Å². The van der Waals surface area contributed by atoms with E-state index in [0.717, 1.165) is 17.5 Å². The second kappa shape index (κ2) is 3.95. The highest BCUT2D eigenvalue weighted by Crippen LogP contribution is 2.37. The lowest BCUT2D eigenvalue weighted by molar-refractivity contribution is 0.0929. The highest BCUT2D eigenvalue weighted by Gasteiger charge is 2.36. The molecule has 1 atom stereocenters. The van der Waals surface area contributed by atoms with Crippen LogP contribution in [0.15, 0.2) is 18.2 Å². The fraction of sp³-hybridized carbons (Fsp3) is 0.533. The number of hydrogen-bond acceptors (Lipinski definition) is 2. The van der Waals surface area contributed by atoms with E-state index in [1.165, 1.54) is 5.56 Å². The van der Waals surface area contributed by atoms with Crippen LogP contribution in [0.5, 0.6) is 0 Å². The van der Waals surface area contributed by atoms with Gasteiger partial charge in [-0.2, -0.15) is 0 Å². The first-order valence-corrected chi connectivity index (χ1v) is 6.27. The first-order chi connectivity index (χ1) is 7.83. The molecule has 0 radical (unpaired) electrons. The summed E-state index contributed by atoms with van der Waals surface area (Å²) in [6.07, 6.45) is 0.736. The van der Waals surface area contributed by atoms with E-state index in [2.05, 4.69) is 39.8 Å². The summed E-state index contributed by atoms with van der Waals surface area (Å²) in [4.78, 5) is 12.2. The summed E-state index contributed by atoms with van der Waals surface area (Å²) in [6, 6.07) is 5.92. The second-order valence-corrected chi connectivity index (χ2v) is 6.02. The van der Waals surface area contributed by atoms with Crippen molar-refractivity contribution >= 4 is 5.78 Å². The van der Waals surface area contributed by atoms with Crippen molar-refractivity contribution in [3.8, 4) is 0 Å². The molecular weight excluding hydrogens is 210 g/mol. The molecule has 0 saturated carbocycles. The highest BCUT2D eigenvalue weighted by atomic mass is 16.1. The fourth-order valence-electron chi connectivity index (χ4n) is 2.67. The number of Topliss-reactive ketones (excluding diaryl/α,β-unsaturated/α-hetero) is 1. The van der Waals surface area contributed by atoms with Crippen LogP contribution >= 0.6 is 0 Å². The quantitative estimate of drug-likeness (QED) is 0.807. The molecular formula is C15H21NO. The van der Waals surface area contributed by atoms with Gasteiger partial charge in [0, 0.05) is 5.56 Å². The third-order valence-corrected chi connectivity index (χ3v) is 3.77. The Labute approximate surface area is 103 Å². The minimum atomic E-state index is -0.347. The maximum absolute atomic E-state index is 12.2. The molecule has 1 unspecified atom stereocenters. The summed E-state index contributed by atoms with van der Waals surface area (Å²) in [5, 5.41) is 0. The molecule has 92 valence electrons. The van der Waals surface area contributed by atoms with E-state index >= 15 is 0 Å². The van der Waals surface area contributed by atoms with Gasteiger partial charge in [-0.15, -0.1) is 0 Å². The van der Waals surface area contributed by atoms with Gasteiger partial charge in [0.05, 0.1) is 6.04 Å². The predicted molar refractivity (Wildman–Crippen MR) is 70.5 cm³/mol. The molecule has 0 heterocycles. The van der Waals surface area contributed by atoms with Crippen molar-refractivity contribution < 1.29 is 4.79 Å². The number of rotatable bonds is 1. The Morgan fingerprint density at radius 3 is 2.59 bits per heavy atom. The Balaban J connectivity index is 2.59. The molecule has 0 aromatic heterocycles. The topological polar surface area (TPSA) is 43.1 Å². The van der Waals surface area contributed by atoms with Crippen molar-refractivity contribution in [2.75, 3.05) is 0 Å². The van der Waals surface area contributed by atoms with Gasteiger partial charge < -0.3 is 5.73 Å². The van der Waals surface area contributed by atoms with Crippen molar-refractivity contribution in [3.63, 3.8) is 0 Å². The maximum atomic E-state index is 12.2. The lowest BCUT2D eigenvalue weighted by atomic mass is 9.70. The number of benzene rings is 1. The molecule has 1 aromatic carbocycles. The predicted octanol–water partition coefficient (Wildman–Crippen LogP) is 3.00. The molecule has 1 aliphatic rings. The summed E-state index contributed by atoms with van der Waals surface area (Å²) >= 11 is 0. The van der Waals surface area contributed by atoms with Crippen LogP contribution in [0.4, 0.5) is 0 Å². The number of nitrogens with two attached hydrogens (primary N) is 1. The molecule has 2 N–H and O–H groups in total. The van der Waals surface area contributed by atoms with E-state index in [1.54, 1.807) is 0 Å². The summed E-state index contributed by atoms with van der Waals surface area (Å²) in [6.45, 7) is 8.60. The van der Waals surface area contributed by atoms with Gasteiger partial charge >= 0.3 is 0 Å². The van der Waals surface area contributed by atoms with Crippen LogP contribution in [0, 0.1) is 0 Å². The molecule has 0 fully saturated rings. The second-order valence-electron chi connectivity index (χ2n) is 6.02. The molecule has 0 bridgehead atoms. The Bertz CT molecular complexity index is 460. The molecule has 0 saturated heterocycles. The molecule has 1 aromatic rings. The maximum Gasteiger partial charge on any atom is 0.179 e. The minimum absolute atomic E-state index is 0.00182. The van der Waals surface area contributed by atoms with Crippen LogP contribution in [-0.2, 0) is 5.41 Å². The zero-order valence-electron chi connectivity index (χ0n) is 11.1. The van der Waals surface area contributed by atoms with Gasteiger partial charge in [0.15, 0.2) is 5.78 Å². The van der Waals surface area contributed by atoms with Crippen molar-refractivity contribution in [2.45, 2.75) is 51.5 Å². The van der Waals surface area contributed by atoms with Crippen molar-refractivity contribution in [1.82, 2.24) is 0 Å². The Morgan fingerprint density at radius 2 is 2.00 bits per heavy atom. The monoisotopic (exact) mass is 231 g/mol. The molecule has 2 nitrogen and oxygen atoms in total. The number of fused-ring (bicyclic) bond motifs is 1. The third kappa shape index (κ3) is 2.02. The Hall–Kier alpha value is -1.15. The van der Waals surface area contributed by atoms with Crippen LogP contribution < -0.4 is 5.73 Å². The number of ketones is 1. The average Bonchev–Trinajstić information content (AvgIpc) is 2.25. The molecule has 17 heavy (non-hydrogen) atoms. The van der Waals surface area contributed by atoms with Crippen molar-refractivity contribution in [3.05, 3.63) is 34.9 Å². The van der Waals surface area contributed by atoms with Gasteiger partial charge in [-0.05, 0) is 34.9 Å². The normalized spacial score (nSPS) is 22.7. The highest BCUT2D eigenvalue weighted by molar-refractivity contribution is 6.03. The van der Waals surface area contributed by atoms with E-state index in [-0.39, 0.29) is 17.2 Å². The van der Waals surface area contributed by atoms with Gasteiger partial charge in [0.25, 0.3) is 0 Å². The SMILES string of the molecule is CC(C)c1ccc2c(c1)C(=O)C(N)CC2(C)C. The molecule has 0 amide bonds. The lowest BCUT2D eigenvalue weighted by Crippen LogP contribution is -2.43. The van der Waals surface area contributed by atoms with Crippen LogP contribution in [0.3, 0.4) is 0 Å². The van der Waals surface area contributed by atoms with E-state index in [4.69, 9.17) is 5.73 Å². The summed E-state index contributed by atoms with van der Waals surface area (Å²) in [5.41, 5.74) is 9.13. The van der Waals surface area contributed by atoms with Crippen molar-refractivity contribution in [1.29, 1.82) is 0 Å². The average molecular weight is 231 g/mol. The van der Waals surface area contributed by atoms with E-state index in [9.17, 15) is 4.79 Å². The molecule has 2 heteroatoms. The number of hydrogen-bond donors (Lipinski definition) is 1. The van der Waals surface area contributed by atoms with Crippen LogP contribution in [0.1, 0.15) is 61.5 Å². The molecule has 1 aliphatic carbocycles. The van der Waals surface area contributed by atoms with E-state index < -0.39 is 0 Å². The first kappa shape index (κ1) is 12.3. The third-order valence-electron chi connectivity index (χ3n) is 3.77. The molecule has 0 aliphatic heterocycles. The Kier molecular flexibility index (Phi) is 2.86. The number of carbonyl (C=O) groups excluding carboxylic acids is 1. The van der Waals surface area contributed by atoms with Crippen LogP contribution in [0.2, 0.25) is 0 Å². The zero-order valence-corrected chi connectivity index (χ0v) is 11.1. The van der Waals surface area contributed by atoms with Gasteiger partial charge in [0.2, 0.25) is 0 Å². The van der Waals surface area contributed by atoms with Gasteiger partial charge in [-0.1, -0.05) is 39.8 Å². The van der Waals surface area contributed by atoms with Crippen LogP contribution in [0.25, 0.3) is 0 Å². The zero-order chi connectivity index (χ0) is 12.8. The van der Waals surface area contributed by atoms with E-state index in [0.29, 0.717) is 5.92 Å². The van der Waals surface area contributed by atoms with Gasteiger partial charge in [-0.3, -0.25) is 4.79 Å². The lowest BCUT2D eigenvalue weighted by Gasteiger charge is -2.35. The minimum Gasteiger partial charge on any atom is -0.321 e. The molecule has 2 rings (SSSR count).